The highest BCUT2D eigenvalue weighted by molar-refractivity contribution is 5.75. The van der Waals surface area contributed by atoms with E-state index in [2.05, 4.69) is 4.74 Å². The summed E-state index contributed by atoms with van der Waals surface area (Å²) in [6, 6.07) is 3.62. The minimum Gasteiger partial charge on any atom is -0.494 e. The van der Waals surface area contributed by atoms with Crippen LogP contribution in [0, 0.1) is 5.82 Å². The first kappa shape index (κ1) is 13.4. The second-order valence-electron chi connectivity index (χ2n) is 3.31. The third-order valence-corrected chi connectivity index (χ3v) is 2.26. The van der Waals surface area contributed by atoms with Gasteiger partial charge < -0.3 is 19.7 Å². The predicted molar refractivity (Wildman–Crippen MR) is 55.9 cm³/mol. The van der Waals surface area contributed by atoms with E-state index in [9.17, 15) is 19.4 Å². The van der Waals surface area contributed by atoms with Gasteiger partial charge in [-0.1, -0.05) is 6.07 Å². The highest BCUT2D eigenvalue weighted by atomic mass is 19.1. The first-order valence-corrected chi connectivity index (χ1v) is 4.78. The average Bonchev–Trinajstić information content (AvgIpc) is 2.35. The second kappa shape index (κ2) is 5.60. The predicted octanol–water partition coefficient (Wildman–Crippen LogP) is 0.402. The molecule has 94 valence electrons. The maximum atomic E-state index is 13.3. The number of rotatable bonds is 4. The number of methoxy groups -OCH3 is 2. The number of halogens is 1. The first-order valence-electron chi connectivity index (χ1n) is 4.78. The summed E-state index contributed by atoms with van der Waals surface area (Å²) in [6.07, 6.45) is -3.31. The molecule has 0 amide bonds. The van der Waals surface area contributed by atoms with Crippen LogP contribution in [-0.4, -0.2) is 36.5 Å². The Balaban J connectivity index is 2.93. The SMILES string of the molecule is COC(=O)C(O)C(O)c1ccc(OC)c(F)c1. The molecule has 0 saturated heterocycles. The molecule has 0 aromatic heterocycles. The smallest absolute Gasteiger partial charge is 0.337 e. The fraction of sp³-hybridized carbons (Fsp3) is 0.364. The molecule has 0 aliphatic heterocycles. The van der Waals surface area contributed by atoms with Crippen molar-refractivity contribution in [1.82, 2.24) is 0 Å². The van der Waals surface area contributed by atoms with Gasteiger partial charge in [-0.25, -0.2) is 9.18 Å². The summed E-state index contributed by atoms with van der Waals surface area (Å²) in [4.78, 5) is 11.0. The van der Waals surface area contributed by atoms with E-state index in [4.69, 9.17) is 4.74 Å². The summed E-state index contributed by atoms with van der Waals surface area (Å²) >= 11 is 0. The van der Waals surface area contributed by atoms with E-state index in [1.54, 1.807) is 0 Å². The van der Waals surface area contributed by atoms with Gasteiger partial charge >= 0.3 is 5.97 Å². The Morgan fingerprint density at radius 1 is 1.35 bits per heavy atom. The van der Waals surface area contributed by atoms with E-state index >= 15 is 0 Å². The van der Waals surface area contributed by atoms with Crippen LogP contribution >= 0.6 is 0 Å². The fourth-order valence-electron chi connectivity index (χ4n) is 1.30. The molecule has 2 atom stereocenters. The summed E-state index contributed by atoms with van der Waals surface area (Å²) in [6.45, 7) is 0. The lowest BCUT2D eigenvalue weighted by Crippen LogP contribution is -2.29. The average molecular weight is 244 g/mol. The molecule has 1 aromatic rings. The molecule has 1 rings (SSSR count). The molecule has 1 aromatic carbocycles. The number of hydrogen-bond acceptors (Lipinski definition) is 5. The van der Waals surface area contributed by atoms with Crippen molar-refractivity contribution in [1.29, 1.82) is 0 Å². The highest BCUT2D eigenvalue weighted by Gasteiger charge is 2.27. The number of carbonyl (C=O) groups is 1. The third-order valence-electron chi connectivity index (χ3n) is 2.26. The number of hydrogen-bond donors (Lipinski definition) is 2. The Morgan fingerprint density at radius 2 is 2.00 bits per heavy atom. The van der Waals surface area contributed by atoms with E-state index in [0.717, 1.165) is 13.2 Å². The molecule has 6 heteroatoms. The standard InChI is InChI=1S/C11H13FO5/c1-16-8-4-3-6(5-7(8)12)9(13)10(14)11(15)17-2/h3-5,9-10,13-14H,1-2H3. The Labute approximate surface area is 97.4 Å². The number of benzene rings is 1. The molecule has 2 unspecified atom stereocenters. The third kappa shape index (κ3) is 2.92. The molecular weight excluding hydrogens is 231 g/mol. The van der Waals surface area contributed by atoms with Crippen molar-refractivity contribution in [2.24, 2.45) is 0 Å². The van der Waals surface area contributed by atoms with Crippen molar-refractivity contribution in [3.05, 3.63) is 29.6 Å². The van der Waals surface area contributed by atoms with Crippen molar-refractivity contribution >= 4 is 5.97 Å². The van der Waals surface area contributed by atoms with E-state index in [0.29, 0.717) is 0 Å². The maximum absolute atomic E-state index is 13.3. The molecule has 0 spiro atoms. The van der Waals surface area contributed by atoms with Gasteiger partial charge in [-0.15, -0.1) is 0 Å². The quantitative estimate of drug-likeness (QED) is 0.750. The number of aliphatic hydroxyl groups excluding tert-OH is 2. The molecule has 5 nitrogen and oxygen atoms in total. The number of ether oxygens (including phenoxy) is 2. The van der Waals surface area contributed by atoms with Gasteiger partial charge in [-0.3, -0.25) is 0 Å². The molecule has 0 aliphatic carbocycles. The summed E-state index contributed by atoms with van der Waals surface area (Å²) < 4.78 is 22.3. The first-order chi connectivity index (χ1) is 8.01. The summed E-state index contributed by atoms with van der Waals surface area (Å²) in [5, 5.41) is 19.0. The topological polar surface area (TPSA) is 76.0 Å². The lowest BCUT2D eigenvalue weighted by atomic mass is 10.0. The van der Waals surface area contributed by atoms with Gasteiger partial charge in [0.1, 0.15) is 6.10 Å². The number of esters is 1. The molecule has 0 fully saturated rings. The van der Waals surface area contributed by atoms with Gasteiger partial charge in [-0.2, -0.15) is 0 Å². The Kier molecular flexibility index (Phi) is 4.42. The van der Waals surface area contributed by atoms with Crippen molar-refractivity contribution < 1.29 is 28.9 Å². The Hall–Kier alpha value is -1.66. The van der Waals surface area contributed by atoms with Crippen LogP contribution in [0.1, 0.15) is 11.7 Å². The summed E-state index contributed by atoms with van der Waals surface area (Å²) in [5.41, 5.74) is 0.0567. The minimum atomic E-state index is -1.76. The molecular formula is C11H13FO5. The van der Waals surface area contributed by atoms with Gasteiger partial charge in [0.05, 0.1) is 14.2 Å². The van der Waals surface area contributed by atoms with Crippen LogP contribution in [-0.2, 0) is 9.53 Å². The van der Waals surface area contributed by atoms with Crippen LogP contribution in [0.25, 0.3) is 0 Å². The monoisotopic (exact) mass is 244 g/mol. The molecule has 0 saturated carbocycles. The van der Waals surface area contributed by atoms with Crippen LogP contribution in [0.3, 0.4) is 0 Å². The molecule has 0 aliphatic rings. The zero-order valence-corrected chi connectivity index (χ0v) is 9.38. The van der Waals surface area contributed by atoms with Gasteiger partial charge in [-0.05, 0) is 17.7 Å². The van der Waals surface area contributed by atoms with Gasteiger partial charge in [0, 0.05) is 0 Å². The Morgan fingerprint density at radius 3 is 2.47 bits per heavy atom. The molecule has 17 heavy (non-hydrogen) atoms. The van der Waals surface area contributed by atoms with Gasteiger partial charge in [0.25, 0.3) is 0 Å². The van der Waals surface area contributed by atoms with Crippen LogP contribution in [0.2, 0.25) is 0 Å². The fourth-order valence-corrected chi connectivity index (χ4v) is 1.30. The lowest BCUT2D eigenvalue weighted by Gasteiger charge is -2.16. The van der Waals surface area contributed by atoms with Crippen LogP contribution in [0.15, 0.2) is 18.2 Å². The lowest BCUT2D eigenvalue weighted by molar-refractivity contribution is -0.156. The van der Waals surface area contributed by atoms with Crippen LogP contribution < -0.4 is 4.74 Å². The van der Waals surface area contributed by atoms with Crippen molar-refractivity contribution in [2.75, 3.05) is 14.2 Å². The van der Waals surface area contributed by atoms with Crippen LogP contribution in [0.5, 0.6) is 5.75 Å². The molecule has 0 radical (unpaired) electrons. The molecule has 2 N–H and O–H groups in total. The summed E-state index contributed by atoms with van der Waals surface area (Å²) in [7, 11) is 2.38. The van der Waals surface area contributed by atoms with E-state index in [-0.39, 0.29) is 11.3 Å². The van der Waals surface area contributed by atoms with Crippen molar-refractivity contribution in [2.45, 2.75) is 12.2 Å². The second-order valence-corrected chi connectivity index (χ2v) is 3.31. The van der Waals surface area contributed by atoms with E-state index in [1.807, 2.05) is 0 Å². The highest BCUT2D eigenvalue weighted by Crippen LogP contribution is 2.24. The zero-order valence-electron chi connectivity index (χ0n) is 9.38. The van der Waals surface area contributed by atoms with Gasteiger partial charge in [0.15, 0.2) is 17.7 Å². The largest absolute Gasteiger partial charge is 0.494 e. The van der Waals surface area contributed by atoms with E-state index < -0.39 is 24.0 Å². The molecule has 0 heterocycles. The molecule has 0 bridgehead atoms. The van der Waals surface area contributed by atoms with Crippen LogP contribution in [0.4, 0.5) is 4.39 Å². The maximum Gasteiger partial charge on any atom is 0.337 e. The Bertz CT molecular complexity index is 407. The zero-order chi connectivity index (χ0) is 13.0. The number of aliphatic hydroxyl groups is 2. The summed E-state index contributed by atoms with van der Waals surface area (Å²) in [5.74, 6) is -1.68. The van der Waals surface area contributed by atoms with Gasteiger partial charge in [0.2, 0.25) is 0 Å². The normalized spacial score (nSPS) is 13.9. The minimum absolute atomic E-state index is 0.00788. The van der Waals surface area contributed by atoms with Crippen molar-refractivity contribution in [3.8, 4) is 5.75 Å². The van der Waals surface area contributed by atoms with Crippen molar-refractivity contribution in [3.63, 3.8) is 0 Å². The van der Waals surface area contributed by atoms with E-state index in [1.165, 1.54) is 19.2 Å². The number of carbonyl (C=O) groups excluding carboxylic acids is 1.